The zero-order valence-corrected chi connectivity index (χ0v) is 15.4. The fourth-order valence-electron chi connectivity index (χ4n) is 3.71. The van der Waals surface area contributed by atoms with Crippen LogP contribution >= 0.6 is 0 Å². The number of hydrogen-bond acceptors (Lipinski definition) is 3. The third-order valence-electron chi connectivity index (χ3n) is 5.40. The second kappa shape index (κ2) is 6.87. The Hall–Kier alpha value is -2.99. The molecule has 1 aromatic heterocycles. The Labute approximate surface area is 162 Å². The Morgan fingerprint density at radius 2 is 2.00 bits per heavy atom. The summed E-state index contributed by atoms with van der Waals surface area (Å²) in [6, 6.07) is 12.2. The Morgan fingerprint density at radius 3 is 2.86 bits per heavy atom. The van der Waals surface area contributed by atoms with Crippen LogP contribution in [0.25, 0.3) is 11.3 Å². The summed E-state index contributed by atoms with van der Waals surface area (Å²) in [4.78, 5) is 12.7. The van der Waals surface area contributed by atoms with Crippen LogP contribution in [0.2, 0.25) is 0 Å². The molecule has 5 nitrogen and oxygen atoms in total. The number of nitrogens with zero attached hydrogens (tertiary/aromatic N) is 2. The molecule has 6 heteroatoms. The SMILES string of the molecule is O=C(Nc1ccc2c(c1)CNC2)c1cc(F)cc(-c2ccnn2CC2CC2)c1. The highest BCUT2D eigenvalue weighted by molar-refractivity contribution is 6.05. The van der Waals surface area contributed by atoms with Crippen LogP contribution in [-0.4, -0.2) is 15.7 Å². The van der Waals surface area contributed by atoms with Crippen LogP contribution < -0.4 is 10.6 Å². The van der Waals surface area contributed by atoms with Crippen molar-refractivity contribution in [3.05, 3.63) is 71.2 Å². The Balaban J connectivity index is 1.41. The maximum Gasteiger partial charge on any atom is 0.255 e. The van der Waals surface area contributed by atoms with Crippen molar-refractivity contribution in [1.82, 2.24) is 15.1 Å². The first-order valence-electron chi connectivity index (χ1n) is 9.62. The number of nitrogens with one attached hydrogen (secondary N) is 2. The molecule has 3 aromatic rings. The fraction of sp³-hybridized carbons (Fsp3) is 0.273. The smallest absolute Gasteiger partial charge is 0.255 e. The molecule has 0 radical (unpaired) electrons. The first-order chi connectivity index (χ1) is 13.7. The lowest BCUT2D eigenvalue weighted by Crippen LogP contribution is -2.13. The molecule has 5 rings (SSSR count). The lowest BCUT2D eigenvalue weighted by atomic mass is 10.1. The third kappa shape index (κ3) is 3.43. The molecule has 2 N–H and O–H groups in total. The number of amides is 1. The second-order valence-corrected chi connectivity index (χ2v) is 7.61. The molecule has 1 fully saturated rings. The summed E-state index contributed by atoms with van der Waals surface area (Å²) in [6.45, 7) is 2.49. The van der Waals surface area contributed by atoms with Gasteiger partial charge >= 0.3 is 0 Å². The van der Waals surface area contributed by atoms with Crippen molar-refractivity contribution in [3.8, 4) is 11.3 Å². The van der Waals surface area contributed by atoms with Crippen LogP contribution in [-0.2, 0) is 19.6 Å². The summed E-state index contributed by atoms with van der Waals surface area (Å²) >= 11 is 0. The zero-order chi connectivity index (χ0) is 19.1. The van der Waals surface area contributed by atoms with Crippen molar-refractivity contribution in [1.29, 1.82) is 0 Å². The molecule has 0 spiro atoms. The predicted octanol–water partition coefficient (Wildman–Crippen LogP) is 3.95. The molecule has 2 heterocycles. The molecule has 142 valence electrons. The van der Waals surface area contributed by atoms with Crippen LogP contribution in [0.1, 0.15) is 34.3 Å². The largest absolute Gasteiger partial charge is 0.322 e. The Kier molecular flexibility index (Phi) is 4.20. The minimum Gasteiger partial charge on any atom is -0.322 e. The number of carbonyl (C=O) groups is 1. The summed E-state index contributed by atoms with van der Waals surface area (Å²) in [5.41, 5.74) is 4.95. The van der Waals surface area contributed by atoms with E-state index in [0.29, 0.717) is 17.0 Å². The monoisotopic (exact) mass is 376 g/mol. The number of aromatic nitrogens is 2. The van der Waals surface area contributed by atoms with Crippen molar-refractivity contribution < 1.29 is 9.18 Å². The van der Waals surface area contributed by atoms with Crippen molar-refractivity contribution >= 4 is 11.6 Å². The topological polar surface area (TPSA) is 59.0 Å². The maximum atomic E-state index is 14.3. The number of hydrogen-bond donors (Lipinski definition) is 2. The second-order valence-electron chi connectivity index (χ2n) is 7.61. The number of halogens is 1. The van der Waals surface area contributed by atoms with Gasteiger partial charge in [-0.25, -0.2) is 4.39 Å². The standard InChI is InChI=1S/C22H21FN4O/c23-19-8-16(21-5-6-25-27(21)13-14-1-2-14)7-17(9-19)22(28)26-20-4-3-15-11-24-12-18(15)10-20/h3-10,14,24H,1-2,11-13H2,(H,26,28). The number of anilines is 1. The first kappa shape index (κ1) is 17.1. The first-order valence-corrected chi connectivity index (χ1v) is 9.62. The fourth-order valence-corrected chi connectivity index (χ4v) is 3.71. The van der Waals surface area contributed by atoms with E-state index in [0.717, 1.165) is 31.0 Å². The van der Waals surface area contributed by atoms with Gasteiger partial charge in [-0.1, -0.05) is 6.07 Å². The van der Waals surface area contributed by atoms with E-state index in [-0.39, 0.29) is 5.91 Å². The summed E-state index contributed by atoms with van der Waals surface area (Å²) in [6.07, 6.45) is 4.15. The van der Waals surface area contributed by atoms with E-state index >= 15 is 0 Å². The molecule has 28 heavy (non-hydrogen) atoms. The van der Waals surface area contributed by atoms with Gasteiger partial charge in [0.1, 0.15) is 5.82 Å². The van der Waals surface area contributed by atoms with E-state index in [4.69, 9.17) is 0 Å². The number of fused-ring (bicyclic) bond motifs is 1. The average molecular weight is 376 g/mol. The quantitative estimate of drug-likeness (QED) is 0.709. The molecule has 0 atom stereocenters. The Bertz CT molecular complexity index is 1050. The maximum absolute atomic E-state index is 14.3. The van der Waals surface area contributed by atoms with Crippen LogP contribution in [0.4, 0.5) is 10.1 Å². The molecular weight excluding hydrogens is 355 g/mol. The predicted molar refractivity (Wildman–Crippen MR) is 105 cm³/mol. The number of benzene rings is 2. The highest BCUT2D eigenvalue weighted by Gasteiger charge is 2.23. The van der Waals surface area contributed by atoms with Gasteiger partial charge in [-0.2, -0.15) is 5.10 Å². The van der Waals surface area contributed by atoms with E-state index < -0.39 is 5.82 Å². The van der Waals surface area contributed by atoms with Gasteiger partial charge in [0.15, 0.2) is 0 Å². The summed E-state index contributed by atoms with van der Waals surface area (Å²) in [7, 11) is 0. The van der Waals surface area contributed by atoms with Crippen LogP contribution in [0.3, 0.4) is 0 Å². The minimum absolute atomic E-state index is 0.299. The molecule has 0 unspecified atom stereocenters. The molecule has 1 amide bonds. The van der Waals surface area contributed by atoms with Gasteiger partial charge < -0.3 is 10.6 Å². The normalized spacial score (nSPS) is 15.5. The molecule has 1 aliphatic carbocycles. The van der Waals surface area contributed by atoms with Gasteiger partial charge in [0.05, 0.1) is 5.69 Å². The number of rotatable bonds is 5. The van der Waals surface area contributed by atoms with Crippen LogP contribution in [0, 0.1) is 11.7 Å². The molecular formula is C22H21FN4O. The van der Waals surface area contributed by atoms with Crippen molar-refractivity contribution in [2.75, 3.05) is 5.32 Å². The minimum atomic E-state index is -0.431. The molecule has 1 aliphatic heterocycles. The van der Waals surface area contributed by atoms with Crippen molar-refractivity contribution in [2.24, 2.45) is 5.92 Å². The Morgan fingerprint density at radius 1 is 1.14 bits per heavy atom. The van der Waals surface area contributed by atoms with Crippen LogP contribution in [0.15, 0.2) is 48.7 Å². The molecule has 2 aromatic carbocycles. The lowest BCUT2D eigenvalue weighted by molar-refractivity contribution is 0.102. The molecule has 0 saturated heterocycles. The van der Waals surface area contributed by atoms with E-state index in [1.54, 1.807) is 12.3 Å². The van der Waals surface area contributed by atoms with E-state index in [2.05, 4.69) is 15.7 Å². The summed E-state index contributed by atoms with van der Waals surface area (Å²) in [5, 5.41) is 10.5. The summed E-state index contributed by atoms with van der Waals surface area (Å²) < 4.78 is 16.2. The van der Waals surface area contributed by atoms with Gasteiger partial charge in [0.2, 0.25) is 0 Å². The van der Waals surface area contributed by atoms with Gasteiger partial charge in [-0.05, 0) is 66.3 Å². The molecule has 0 bridgehead atoms. The van der Waals surface area contributed by atoms with Gasteiger partial charge in [0, 0.05) is 42.6 Å². The van der Waals surface area contributed by atoms with E-state index in [9.17, 15) is 9.18 Å². The summed E-state index contributed by atoms with van der Waals surface area (Å²) in [5.74, 6) is -0.0934. The van der Waals surface area contributed by atoms with Gasteiger partial charge in [-0.15, -0.1) is 0 Å². The molecule has 2 aliphatic rings. The molecule has 1 saturated carbocycles. The highest BCUT2D eigenvalue weighted by atomic mass is 19.1. The van der Waals surface area contributed by atoms with Crippen molar-refractivity contribution in [3.63, 3.8) is 0 Å². The zero-order valence-electron chi connectivity index (χ0n) is 15.4. The van der Waals surface area contributed by atoms with E-state index in [1.807, 2.05) is 28.9 Å². The van der Waals surface area contributed by atoms with Gasteiger partial charge in [-0.3, -0.25) is 9.48 Å². The van der Waals surface area contributed by atoms with Gasteiger partial charge in [0.25, 0.3) is 5.91 Å². The lowest BCUT2D eigenvalue weighted by Gasteiger charge is -2.11. The van der Waals surface area contributed by atoms with E-state index in [1.165, 1.54) is 36.1 Å². The highest BCUT2D eigenvalue weighted by Crippen LogP contribution is 2.32. The third-order valence-corrected chi connectivity index (χ3v) is 5.40. The van der Waals surface area contributed by atoms with Crippen molar-refractivity contribution in [2.45, 2.75) is 32.5 Å². The van der Waals surface area contributed by atoms with Crippen LogP contribution in [0.5, 0.6) is 0 Å². The average Bonchev–Trinajstić information content (AvgIpc) is 3.17. The number of carbonyl (C=O) groups excluding carboxylic acids is 1.